The number of nitrogens with one attached hydrogen (secondary N) is 1. The van der Waals surface area contributed by atoms with Crippen molar-refractivity contribution in [3.63, 3.8) is 0 Å². The van der Waals surface area contributed by atoms with E-state index in [9.17, 15) is 13.2 Å². The van der Waals surface area contributed by atoms with E-state index >= 15 is 0 Å². The van der Waals surface area contributed by atoms with Crippen molar-refractivity contribution in [2.24, 2.45) is 0 Å². The molecule has 1 N–H and O–H groups in total. The fourth-order valence-corrected chi connectivity index (χ4v) is 4.80. The molecule has 3 rings (SSSR count). The summed E-state index contributed by atoms with van der Waals surface area (Å²) in [7, 11) is -2.29. The Morgan fingerprint density at radius 2 is 2.07 bits per heavy atom. The van der Waals surface area contributed by atoms with Crippen molar-refractivity contribution < 1.29 is 27.1 Å². The minimum atomic E-state index is -3.74. The largest absolute Gasteiger partial charge is 0.496 e. The Balaban J connectivity index is 1.64. The van der Waals surface area contributed by atoms with Crippen LogP contribution in [0.2, 0.25) is 0 Å². The molecule has 1 aromatic carbocycles. The van der Waals surface area contributed by atoms with Crippen molar-refractivity contribution in [2.45, 2.75) is 10.6 Å². The van der Waals surface area contributed by atoms with Gasteiger partial charge in [-0.3, -0.25) is 4.79 Å². The third-order valence-corrected chi connectivity index (χ3v) is 6.81. The molecular formula is C19H24N2O6S2. The van der Waals surface area contributed by atoms with Gasteiger partial charge >= 0.3 is 0 Å². The van der Waals surface area contributed by atoms with Crippen molar-refractivity contribution in [3.05, 3.63) is 47.9 Å². The number of morpholine rings is 1. The highest BCUT2D eigenvalue weighted by atomic mass is 32.2. The highest BCUT2D eigenvalue weighted by Gasteiger charge is 2.24. The van der Waals surface area contributed by atoms with E-state index in [1.165, 1.54) is 25.3 Å². The molecule has 1 aliphatic heterocycles. The Hall–Kier alpha value is -2.01. The van der Waals surface area contributed by atoms with E-state index in [-0.39, 0.29) is 22.9 Å². The number of ether oxygens (including phenoxy) is 2. The summed E-state index contributed by atoms with van der Waals surface area (Å²) >= 11 is 1.57. The average Bonchev–Trinajstić information content (AvgIpc) is 3.26. The minimum Gasteiger partial charge on any atom is -0.496 e. The number of hydrogen-bond donors (Lipinski definition) is 1. The zero-order valence-corrected chi connectivity index (χ0v) is 17.8. The van der Waals surface area contributed by atoms with Crippen LogP contribution in [0.1, 0.15) is 16.1 Å². The van der Waals surface area contributed by atoms with E-state index in [4.69, 9.17) is 13.9 Å². The van der Waals surface area contributed by atoms with E-state index in [1.807, 2.05) is 12.1 Å². The molecule has 0 spiro atoms. The molecule has 0 radical (unpaired) electrons. The van der Waals surface area contributed by atoms with Crippen molar-refractivity contribution in [1.82, 2.24) is 9.62 Å². The van der Waals surface area contributed by atoms with E-state index in [2.05, 4.69) is 4.72 Å². The first-order valence-electron chi connectivity index (χ1n) is 9.16. The third-order valence-electron chi connectivity index (χ3n) is 4.37. The molecule has 0 atom stereocenters. The van der Waals surface area contributed by atoms with Crippen LogP contribution in [0.25, 0.3) is 0 Å². The Kier molecular flexibility index (Phi) is 7.59. The van der Waals surface area contributed by atoms with Crippen LogP contribution in [0.3, 0.4) is 0 Å². The number of hydrogen-bond acceptors (Lipinski definition) is 7. The number of nitrogens with zero attached hydrogens (tertiary/aromatic N) is 1. The van der Waals surface area contributed by atoms with E-state index in [0.29, 0.717) is 43.6 Å². The maximum Gasteiger partial charge on any atom is 0.257 e. The monoisotopic (exact) mass is 440 g/mol. The third kappa shape index (κ3) is 5.75. The molecule has 8 nitrogen and oxygen atoms in total. The highest BCUT2D eigenvalue weighted by molar-refractivity contribution is 7.98. The summed E-state index contributed by atoms with van der Waals surface area (Å²) in [4.78, 5) is 14.5. The van der Waals surface area contributed by atoms with Crippen LogP contribution in [0.4, 0.5) is 0 Å². The number of sulfonamides is 1. The molecule has 2 heterocycles. The topological polar surface area (TPSA) is 98.1 Å². The number of carbonyl (C=O) groups is 1. The molecule has 1 aromatic heterocycles. The van der Waals surface area contributed by atoms with Crippen molar-refractivity contribution in [1.29, 1.82) is 0 Å². The lowest BCUT2D eigenvalue weighted by Crippen LogP contribution is -2.40. The van der Waals surface area contributed by atoms with Gasteiger partial charge in [0.1, 0.15) is 11.5 Å². The van der Waals surface area contributed by atoms with Gasteiger partial charge in [-0.2, -0.15) is 11.8 Å². The molecule has 1 fully saturated rings. The second-order valence-electron chi connectivity index (χ2n) is 6.30. The number of benzene rings is 1. The van der Waals surface area contributed by atoms with Gasteiger partial charge in [0.2, 0.25) is 10.0 Å². The zero-order chi connectivity index (χ0) is 20.7. The predicted octanol–water partition coefficient (Wildman–Crippen LogP) is 1.97. The summed E-state index contributed by atoms with van der Waals surface area (Å²) in [5, 5.41) is 0. The Labute approximate surface area is 174 Å². The maximum atomic E-state index is 12.8. The van der Waals surface area contributed by atoms with Crippen LogP contribution in [0.15, 0.2) is 45.9 Å². The van der Waals surface area contributed by atoms with Crippen LogP contribution < -0.4 is 9.46 Å². The van der Waals surface area contributed by atoms with Gasteiger partial charge in [0.05, 0.1) is 42.8 Å². The maximum absolute atomic E-state index is 12.8. The number of methoxy groups -OCH3 is 1. The van der Waals surface area contributed by atoms with Gasteiger partial charge in [-0.05, 0) is 30.3 Å². The van der Waals surface area contributed by atoms with Gasteiger partial charge in [-0.15, -0.1) is 0 Å². The molecule has 29 heavy (non-hydrogen) atoms. The molecule has 0 saturated carbocycles. The molecule has 1 amide bonds. The summed E-state index contributed by atoms with van der Waals surface area (Å²) in [6.45, 7) is 2.12. The van der Waals surface area contributed by atoms with Gasteiger partial charge in [-0.1, -0.05) is 0 Å². The van der Waals surface area contributed by atoms with Crippen LogP contribution in [0, 0.1) is 0 Å². The Morgan fingerprint density at radius 1 is 1.28 bits per heavy atom. The molecule has 2 aromatic rings. The lowest BCUT2D eigenvalue weighted by Gasteiger charge is -2.27. The average molecular weight is 441 g/mol. The smallest absolute Gasteiger partial charge is 0.257 e. The molecule has 10 heteroatoms. The molecule has 0 unspecified atom stereocenters. The van der Waals surface area contributed by atoms with Crippen LogP contribution >= 0.6 is 11.8 Å². The number of carbonyl (C=O) groups excluding carboxylic acids is 1. The van der Waals surface area contributed by atoms with Crippen LogP contribution in [-0.2, 0) is 20.5 Å². The first-order chi connectivity index (χ1) is 14.0. The molecule has 1 saturated heterocycles. The second kappa shape index (κ2) is 10.1. The standard InChI is InChI=1S/C19H24N2O6S2/c1-25-18-5-4-16(13-17(18)19(22)21-7-10-26-11-8-21)29(23,24)20-6-12-28-14-15-3-2-9-27-15/h2-5,9,13,20H,6-8,10-12,14H2,1H3. The summed E-state index contributed by atoms with van der Waals surface area (Å²) < 4.78 is 43.7. The summed E-state index contributed by atoms with van der Waals surface area (Å²) in [5.74, 6) is 2.19. The van der Waals surface area contributed by atoms with E-state index in [1.54, 1.807) is 22.9 Å². The van der Waals surface area contributed by atoms with Gasteiger partial charge in [-0.25, -0.2) is 13.1 Å². The fraction of sp³-hybridized carbons (Fsp3) is 0.421. The molecular weight excluding hydrogens is 416 g/mol. The Bertz CT molecular complexity index is 909. The number of rotatable bonds is 9. The van der Waals surface area contributed by atoms with E-state index < -0.39 is 10.0 Å². The first-order valence-corrected chi connectivity index (χ1v) is 11.8. The predicted molar refractivity (Wildman–Crippen MR) is 110 cm³/mol. The number of amides is 1. The lowest BCUT2D eigenvalue weighted by atomic mass is 10.1. The summed E-state index contributed by atoms with van der Waals surface area (Å²) in [6, 6.07) is 8.01. The zero-order valence-electron chi connectivity index (χ0n) is 16.1. The minimum absolute atomic E-state index is 0.0333. The second-order valence-corrected chi connectivity index (χ2v) is 9.17. The van der Waals surface area contributed by atoms with Crippen molar-refractivity contribution in [2.75, 3.05) is 45.7 Å². The van der Waals surface area contributed by atoms with Gasteiger partial charge in [0.15, 0.2) is 0 Å². The van der Waals surface area contributed by atoms with Gasteiger partial charge in [0, 0.05) is 25.4 Å². The molecule has 0 bridgehead atoms. The summed E-state index contributed by atoms with van der Waals surface area (Å²) in [5.41, 5.74) is 0.226. The van der Waals surface area contributed by atoms with Gasteiger partial charge < -0.3 is 18.8 Å². The SMILES string of the molecule is COc1ccc(S(=O)(=O)NCCSCc2ccco2)cc1C(=O)N1CCOCC1. The normalized spacial score (nSPS) is 14.7. The molecule has 158 valence electrons. The van der Waals surface area contributed by atoms with Crippen molar-refractivity contribution >= 4 is 27.7 Å². The first kappa shape index (κ1) is 21.7. The fourth-order valence-electron chi connectivity index (χ4n) is 2.86. The molecule has 0 aliphatic carbocycles. The van der Waals surface area contributed by atoms with Crippen LogP contribution in [-0.4, -0.2) is 64.9 Å². The summed E-state index contributed by atoms with van der Waals surface area (Å²) in [6.07, 6.45) is 1.61. The number of thioether (sulfide) groups is 1. The van der Waals surface area contributed by atoms with Gasteiger partial charge in [0.25, 0.3) is 5.91 Å². The molecule has 1 aliphatic rings. The lowest BCUT2D eigenvalue weighted by molar-refractivity contribution is 0.0300. The Morgan fingerprint density at radius 3 is 2.76 bits per heavy atom. The van der Waals surface area contributed by atoms with Crippen molar-refractivity contribution in [3.8, 4) is 5.75 Å². The van der Waals surface area contributed by atoms with Crippen LogP contribution in [0.5, 0.6) is 5.75 Å². The van der Waals surface area contributed by atoms with E-state index in [0.717, 1.165) is 5.76 Å². The quantitative estimate of drug-likeness (QED) is 0.595. The highest BCUT2D eigenvalue weighted by Crippen LogP contribution is 2.24. The number of furan rings is 1.